The van der Waals surface area contributed by atoms with Gasteiger partial charge in [0.25, 0.3) is 0 Å². The van der Waals surface area contributed by atoms with Crippen molar-refractivity contribution in [3.63, 3.8) is 0 Å². The third-order valence-electron chi connectivity index (χ3n) is 6.45. The van der Waals surface area contributed by atoms with Crippen molar-refractivity contribution in [3.8, 4) is 11.1 Å². The van der Waals surface area contributed by atoms with E-state index in [-0.39, 0.29) is 18.5 Å². The highest BCUT2D eigenvalue weighted by Crippen LogP contribution is 2.32. The number of aryl methyl sites for hydroxylation is 1. The molecule has 0 unspecified atom stereocenters. The molecule has 36 heavy (non-hydrogen) atoms. The van der Waals surface area contributed by atoms with Crippen LogP contribution in [0.1, 0.15) is 22.7 Å². The molecule has 4 N–H and O–H groups in total. The van der Waals surface area contributed by atoms with Crippen LogP contribution in [0.5, 0.6) is 0 Å². The standard InChI is InChI=1S/C28H30N6O2/c1-34-18-23(16-32-34)22-14-24-28(31-15-22)33-25(17-30-24)27(21-8-3-2-4-9-21)29-11-10-19-6-5-7-20(12-19)13-26(35)36/h2-9,12,14-16,18,25,27,29-30H,10-11,13,17H2,1H3,(H,31,33)(H,35,36)/t25-,27-/m1/s1. The molecule has 0 bridgehead atoms. The van der Waals surface area contributed by atoms with Gasteiger partial charge in [-0.25, -0.2) is 4.98 Å². The summed E-state index contributed by atoms with van der Waals surface area (Å²) in [6.07, 6.45) is 6.55. The van der Waals surface area contributed by atoms with Gasteiger partial charge in [0.2, 0.25) is 0 Å². The summed E-state index contributed by atoms with van der Waals surface area (Å²) in [7, 11) is 1.91. The number of nitrogens with one attached hydrogen (secondary N) is 3. The van der Waals surface area contributed by atoms with Crippen LogP contribution in [-0.4, -0.2) is 45.0 Å². The van der Waals surface area contributed by atoms with Crippen molar-refractivity contribution in [2.45, 2.75) is 24.9 Å². The number of nitrogens with zero attached hydrogens (tertiary/aromatic N) is 3. The fraction of sp³-hybridized carbons (Fsp3) is 0.250. The molecule has 5 rings (SSSR count). The summed E-state index contributed by atoms with van der Waals surface area (Å²) in [5.41, 5.74) is 6.19. The van der Waals surface area contributed by atoms with E-state index in [4.69, 9.17) is 10.1 Å². The summed E-state index contributed by atoms with van der Waals surface area (Å²) < 4.78 is 1.79. The van der Waals surface area contributed by atoms with Crippen molar-refractivity contribution >= 4 is 17.5 Å². The fourth-order valence-corrected chi connectivity index (χ4v) is 4.68. The third-order valence-corrected chi connectivity index (χ3v) is 6.45. The largest absolute Gasteiger partial charge is 0.481 e. The van der Waals surface area contributed by atoms with E-state index in [1.807, 2.05) is 56.0 Å². The SMILES string of the molecule is Cn1cc(-c2cnc3c(c2)NC[C@H]([C@H](NCCc2cccc(CC(=O)O)c2)c2ccccc2)N3)cn1. The van der Waals surface area contributed by atoms with Gasteiger partial charge in [-0.15, -0.1) is 0 Å². The molecule has 0 saturated heterocycles. The molecule has 0 fully saturated rings. The molecule has 0 radical (unpaired) electrons. The predicted molar refractivity (Wildman–Crippen MR) is 141 cm³/mol. The molecule has 1 aliphatic rings. The minimum absolute atomic E-state index is 0.0421. The lowest BCUT2D eigenvalue weighted by atomic mass is 9.97. The van der Waals surface area contributed by atoms with E-state index in [2.05, 4.69) is 51.4 Å². The lowest BCUT2D eigenvalue weighted by Gasteiger charge is -2.34. The molecule has 0 aliphatic carbocycles. The molecule has 2 atom stereocenters. The maximum absolute atomic E-state index is 11.1. The minimum atomic E-state index is -0.813. The van der Waals surface area contributed by atoms with Gasteiger partial charge in [0.1, 0.15) is 5.82 Å². The van der Waals surface area contributed by atoms with Gasteiger partial charge in [0.05, 0.1) is 30.4 Å². The third kappa shape index (κ3) is 5.55. The Morgan fingerprint density at radius 3 is 2.72 bits per heavy atom. The first-order valence-electron chi connectivity index (χ1n) is 12.1. The number of aromatic nitrogens is 3. The number of carboxylic acid groups (broad SMARTS) is 1. The van der Waals surface area contributed by atoms with Gasteiger partial charge in [0, 0.05) is 37.1 Å². The second-order valence-electron chi connectivity index (χ2n) is 9.14. The van der Waals surface area contributed by atoms with Crippen molar-refractivity contribution in [3.05, 3.63) is 95.9 Å². The summed E-state index contributed by atoms with van der Waals surface area (Å²) in [5, 5.41) is 24.3. The average Bonchev–Trinajstić information content (AvgIpc) is 3.33. The van der Waals surface area contributed by atoms with Crippen molar-refractivity contribution in [1.82, 2.24) is 20.1 Å². The van der Waals surface area contributed by atoms with Crippen molar-refractivity contribution in [1.29, 1.82) is 0 Å². The van der Waals surface area contributed by atoms with E-state index in [1.165, 1.54) is 5.56 Å². The predicted octanol–water partition coefficient (Wildman–Crippen LogP) is 3.89. The number of benzene rings is 2. The van der Waals surface area contributed by atoms with Gasteiger partial charge in [-0.1, -0.05) is 54.6 Å². The summed E-state index contributed by atoms with van der Waals surface area (Å²) in [6.45, 7) is 1.50. The molecule has 8 nitrogen and oxygen atoms in total. The number of hydrogen-bond donors (Lipinski definition) is 4. The second kappa shape index (κ2) is 10.6. The van der Waals surface area contributed by atoms with Gasteiger partial charge < -0.3 is 21.1 Å². The van der Waals surface area contributed by atoms with E-state index in [1.54, 1.807) is 4.68 Å². The van der Waals surface area contributed by atoms with Crippen LogP contribution < -0.4 is 16.0 Å². The Morgan fingerprint density at radius 1 is 1.11 bits per heavy atom. The van der Waals surface area contributed by atoms with Crippen molar-refractivity contribution in [2.24, 2.45) is 7.05 Å². The Labute approximate surface area is 210 Å². The highest BCUT2D eigenvalue weighted by Gasteiger charge is 2.27. The molecule has 184 valence electrons. The number of carboxylic acids is 1. The molecular weight excluding hydrogens is 452 g/mol. The maximum atomic E-state index is 11.1. The van der Waals surface area contributed by atoms with Crippen LogP contribution in [0, 0.1) is 0 Å². The zero-order valence-corrected chi connectivity index (χ0v) is 20.2. The fourth-order valence-electron chi connectivity index (χ4n) is 4.68. The molecule has 2 aromatic carbocycles. The molecule has 4 aromatic rings. The summed E-state index contributed by atoms with van der Waals surface area (Å²) in [5.74, 6) is 0.0229. The number of aliphatic carboxylic acids is 1. The lowest BCUT2D eigenvalue weighted by molar-refractivity contribution is -0.136. The van der Waals surface area contributed by atoms with Crippen LogP contribution in [0.2, 0.25) is 0 Å². The van der Waals surface area contributed by atoms with E-state index in [0.717, 1.165) is 53.3 Å². The Bertz CT molecular complexity index is 1340. The van der Waals surface area contributed by atoms with Gasteiger partial charge in [-0.2, -0.15) is 5.10 Å². The maximum Gasteiger partial charge on any atom is 0.307 e. The Hall–Kier alpha value is -4.17. The zero-order chi connectivity index (χ0) is 24.9. The molecule has 2 aromatic heterocycles. The zero-order valence-electron chi connectivity index (χ0n) is 20.2. The second-order valence-corrected chi connectivity index (χ2v) is 9.14. The van der Waals surface area contributed by atoms with Crippen molar-refractivity contribution in [2.75, 3.05) is 23.7 Å². The van der Waals surface area contributed by atoms with Crippen LogP contribution in [0.3, 0.4) is 0 Å². The minimum Gasteiger partial charge on any atom is -0.481 e. The quantitative estimate of drug-likeness (QED) is 0.287. The van der Waals surface area contributed by atoms with Gasteiger partial charge in [-0.3, -0.25) is 9.48 Å². The number of hydrogen-bond acceptors (Lipinski definition) is 6. The Kier molecular flexibility index (Phi) is 6.95. The van der Waals surface area contributed by atoms with Crippen LogP contribution >= 0.6 is 0 Å². The topological polar surface area (TPSA) is 104 Å². The van der Waals surface area contributed by atoms with Gasteiger partial charge in [-0.05, 0) is 35.7 Å². The normalized spacial score (nSPS) is 15.4. The molecular formula is C28H30N6O2. The van der Waals surface area contributed by atoms with Crippen LogP contribution in [0.4, 0.5) is 11.5 Å². The van der Waals surface area contributed by atoms with Crippen LogP contribution in [0.25, 0.3) is 11.1 Å². The van der Waals surface area contributed by atoms with Crippen LogP contribution in [0.15, 0.2) is 79.3 Å². The molecule has 8 heteroatoms. The molecule has 0 saturated carbocycles. The number of carbonyl (C=O) groups is 1. The molecule has 0 spiro atoms. The first kappa shape index (κ1) is 23.6. The first-order valence-corrected chi connectivity index (χ1v) is 12.1. The van der Waals surface area contributed by atoms with E-state index >= 15 is 0 Å². The van der Waals surface area contributed by atoms with E-state index < -0.39 is 5.97 Å². The number of anilines is 2. The lowest BCUT2D eigenvalue weighted by Crippen LogP contribution is -2.44. The molecule has 3 heterocycles. The molecule has 0 amide bonds. The summed E-state index contributed by atoms with van der Waals surface area (Å²) in [4.78, 5) is 15.8. The highest BCUT2D eigenvalue weighted by atomic mass is 16.4. The Balaban J connectivity index is 1.29. The highest BCUT2D eigenvalue weighted by molar-refractivity contribution is 5.75. The van der Waals surface area contributed by atoms with Crippen molar-refractivity contribution < 1.29 is 9.90 Å². The smallest absolute Gasteiger partial charge is 0.307 e. The summed E-state index contributed by atoms with van der Waals surface area (Å²) in [6, 6.07) is 20.5. The number of rotatable bonds is 9. The number of fused-ring (bicyclic) bond motifs is 1. The molecule has 1 aliphatic heterocycles. The van der Waals surface area contributed by atoms with E-state index in [9.17, 15) is 4.79 Å². The van der Waals surface area contributed by atoms with Gasteiger partial charge in [0.15, 0.2) is 0 Å². The monoisotopic (exact) mass is 482 g/mol. The van der Waals surface area contributed by atoms with Gasteiger partial charge >= 0.3 is 5.97 Å². The van der Waals surface area contributed by atoms with E-state index in [0.29, 0.717) is 0 Å². The summed E-state index contributed by atoms with van der Waals surface area (Å²) >= 11 is 0. The first-order chi connectivity index (χ1) is 17.5. The average molecular weight is 483 g/mol. The number of pyridine rings is 1. The Morgan fingerprint density at radius 2 is 1.94 bits per heavy atom. The van der Waals surface area contributed by atoms with Crippen LogP contribution in [-0.2, 0) is 24.7 Å².